The van der Waals surface area contributed by atoms with E-state index in [4.69, 9.17) is 38.4 Å². The molecule has 0 saturated heterocycles. The minimum absolute atomic E-state index is 0.0126. The van der Waals surface area contributed by atoms with E-state index in [0.717, 1.165) is 39.5 Å². The first-order chi connectivity index (χ1) is 36.5. The number of amides is 3. The lowest BCUT2D eigenvalue weighted by atomic mass is 10.0. The van der Waals surface area contributed by atoms with E-state index in [9.17, 15) is 29.4 Å². The number of carbonyl (C=O) groups is 4. The van der Waals surface area contributed by atoms with Gasteiger partial charge in [0.2, 0.25) is 0 Å². The number of alkyl carbamates (subject to hydrolysis) is 1. The molecule has 0 spiro atoms. The van der Waals surface area contributed by atoms with Gasteiger partial charge in [-0.1, -0.05) is 71.7 Å². The van der Waals surface area contributed by atoms with Gasteiger partial charge in [0.25, 0.3) is 11.8 Å². The van der Waals surface area contributed by atoms with Crippen molar-refractivity contribution in [3.05, 3.63) is 141 Å². The molecule has 0 bridgehead atoms. The fourth-order valence-electron chi connectivity index (χ4n) is 7.84. The van der Waals surface area contributed by atoms with E-state index in [1.807, 2.05) is 126 Å². The first kappa shape index (κ1) is 62.9. The number of methoxy groups -OCH3 is 2. The highest BCUT2D eigenvalue weighted by atomic mass is 35.5. The summed E-state index contributed by atoms with van der Waals surface area (Å²) in [6.45, 7) is 11.3. The molecule has 6 rings (SSSR count). The molecule has 0 aliphatic carbocycles. The van der Waals surface area contributed by atoms with Gasteiger partial charge >= 0.3 is 11.5 Å². The highest BCUT2D eigenvalue weighted by Gasteiger charge is 2.20. The number of benzene rings is 4. The summed E-state index contributed by atoms with van der Waals surface area (Å²) in [6.07, 6.45) is 5.28. The second kappa shape index (κ2) is 30.9. The maximum Gasteiger partial charge on any atom is 0.407 e. The van der Waals surface area contributed by atoms with Crippen LogP contribution in [-0.4, -0.2) is 104 Å². The van der Waals surface area contributed by atoms with E-state index in [2.05, 4.69) is 47.0 Å². The maximum atomic E-state index is 12.9. The number of hydrogen-bond acceptors (Lipinski definition) is 13. The maximum absolute atomic E-state index is 12.9. The summed E-state index contributed by atoms with van der Waals surface area (Å²) in [5, 5.41) is 28.6. The van der Waals surface area contributed by atoms with Gasteiger partial charge in [0.1, 0.15) is 23.1 Å². The highest BCUT2D eigenvalue weighted by molar-refractivity contribution is 6.61. The van der Waals surface area contributed by atoms with E-state index < -0.39 is 11.5 Å². The second-order valence-electron chi connectivity index (χ2n) is 18.6. The van der Waals surface area contributed by atoms with Crippen LogP contribution in [0.15, 0.2) is 97.3 Å². The Kier molecular flexibility index (Phi) is 25.2. The van der Waals surface area contributed by atoms with Crippen LogP contribution in [0.3, 0.4) is 0 Å². The van der Waals surface area contributed by atoms with Crippen LogP contribution in [0, 0.1) is 0 Å². The van der Waals surface area contributed by atoms with Crippen LogP contribution in [0.2, 0.25) is 10.0 Å². The number of nitrogens with two attached hydrogens (primary N) is 1. The summed E-state index contributed by atoms with van der Waals surface area (Å²) in [7, 11) is 6.34. The van der Waals surface area contributed by atoms with E-state index in [1.54, 1.807) is 36.4 Å². The number of rotatable bonds is 21. The van der Waals surface area contributed by atoms with E-state index in [1.165, 1.54) is 14.2 Å². The number of halogens is 3. The normalized spacial score (nSPS) is 12.4. The molecule has 0 aliphatic rings. The largest absolute Gasteiger partial charge is 0.489 e. The lowest BCUT2D eigenvalue weighted by Gasteiger charge is -2.19. The van der Waals surface area contributed by atoms with Gasteiger partial charge in [-0.15, -0.1) is 0 Å². The number of aryl methyl sites for hydroxylation is 2. The van der Waals surface area contributed by atoms with Crippen molar-refractivity contribution in [3.8, 4) is 34.0 Å². The van der Waals surface area contributed by atoms with Gasteiger partial charge in [-0.05, 0) is 115 Å². The van der Waals surface area contributed by atoms with Gasteiger partial charge < -0.3 is 60.0 Å². The van der Waals surface area contributed by atoms with Crippen molar-refractivity contribution in [2.75, 3.05) is 27.4 Å². The van der Waals surface area contributed by atoms with E-state index >= 15 is 0 Å². The number of carbonyl (C=O) groups excluding carboxylic acids is 4. The third-order valence-corrected chi connectivity index (χ3v) is 12.2. The summed E-state index contributed by atoms with van der Waals surface area (Å²) in [5.74, 6) is 2.08. The average Bonchev–Trinajstić information content (AvgIpc) is 3.99. The van der Waals surface area contributed by atoms with Gasteiger partial charge in [-0.2, -0.15) is 0 Å². The number of nitrogens with zero attached hydrogens (tertiary/aromatic N) is 4. The van der Waals surface area contributed by atoms with Crippen molar-refractivity contribution in [3.63, 3.8) is 0 Å². The number of aliphatic hydroxyl groups is 2. The van der Waals surface area contributed by atoms with Crippen molar-refractivity contribution in [1.29, 1.82) is 0 Å². The molecule has 18 nitrogen and oxygen atoms in total. The third-order valence-electron chi connectivity index (χ3n) is 11.5. The SMILES string of the molecule is CC(C)Oc1ccc(C(=O)N[C@H](CCO)Cc2ccc(-c3cn(C)c(C(C)N)n3)cc2)cc1Cl.COC(=O)Cl.COC(=O)NC(C)c1nc(-c2ccc(C[C@@H](CCO)NC(=O)c3ccc(OC(C)C)c(Cl)c3)cc2)cn1C. The molecule has 7 N–H and O–H groups in total. The molecule has 2 aromatic heterocycles. The van der Waals surface area contributed by atoms with Crippen LogP contribution in [-0.2, 0) is 36.4 Å². The number of hydrogen-bond donors (Lipinski definition) is 6. The number of aliphatic hydroxyl groups excluding tert-OH is 2. The predicted octanol–water partition coefficient (Wildman–Crippen LogP) is 9.93. The minimum Gasteiger partial charge on any atom is -0.489 e. The van der Waals surface area contributed by atoms with Crippen LogP contribution in [0.4, 0.5) is 9.59 Å². The zero-order valence-electron chi connectivity index (χ0n) is 45.1. The Hall–Kier alpha value is -6.67. The monoisotopic (exact) mass is 1120 g/mol. The molecule has 6 aromatic rings. The summed E-state index contributed by atoms with van der Waals surface area (Å²) in [5.41, 5.74) is 11.7. The number of ether oxygens (including phenoxy) is 4. The summed E-state index contributed by atoms with van der Waals surface area (Å²) in [4.78, 5) is 55.9. The molecule has 21 heteroatoms. The van der Waals surface area contributed by atoms with Crippen molar-refractivity contribution in [1.82, 2.24) is 35.1 Å². The Morgan fingerprint density at radius 2 is 1.00 bits per heavy atom. The van der Waals surface area contributed by atoms with Crippen LogP contribution in [0.25, 0.3) is 22.5 Å². The van der Waals surface area contributed by atoms with Gasteiger partial charge in [0, 0.05) is 85.6 Å². The number of imidazole rings is 2. The van der Waals surface area contributed by atoms with Crippen molar-refractivity contribution < 1.29 is 48.3 Å². The molecule has 0 aliphatic heterocycles. The van der Waals surface area contributed by atoms with Crippen LogP contribution in [0.5, 0.6) is 11.5 Å². The molecule has 4 aromatic carbocycles. The van der Waals surface area contributed by atoms with Gasteiger partial charge in [0.05, 0.1) is 59.9 Å². The zero-order chi connectivity index (χ0) is 56.9. The fraction of sp³-hybridized carbons (Fsp3) is 0.393. The number of aromatic nitrogens is 4. The Labute approximate surface area is 465 Å². The van der Waals surface area contributed by atoms with Gasteiger partial charge in [-0.25, -0.2) is 19.6 Å². The molecular weight excluding hydrogens is 1050 g/mol. The molecule has 0 fully saturated rings. The highest BCUT2D eigenvalue weighted by Crippen LogP contribution is 2.29. The van der Waals surface area contributed by atoms with Crippen LogP contribution < -0.4 is 31.2 Å². The zero-order valence-corrected chi connectivity index (χ0v) is 47.4. The topological polar surface area (TPSA) is 243 Å². The van der Waals surface area contributed by atoms with E-state index in [-0.39, 0.29) is 61.4 Å². The van der Waals surface area contributed by atoms with Gasteiger partial charge in [0.15, 0.2) is 0 Å². The molecule has 4 atom stereocenters. The number of nitrogens with one attached hydrogen (secondary N) is 3. The quantitative estimate of drug-likeness (QED) is 0.0368. The fourth-order valence-corrected chi connectivity index (χ4v) is 8.29. The Morgan fingerprint density at radius 1 is 0.610 bits per heavy atom. The molecule has 2 heterocycles. The lowest BCUT2D eigenvalue weighted by molar-refractivity contribution is 0.0921. The molecule has 3 amide bonds. The first-order valence-electron chi connectivity index (χ1n) is 24.9. The smallest absolute Gasteiger partial charge is 0.407 e. The van der Waals surface area contributed by atoms with Crippen molar-refractivity contribution in [2.45, 2.75) is 104 Å². The second-order valence-corrected chi connectivity index (χ2v) is 19.7. The Morgan fingerprint density at radius 3 is 1.32 bits per heavy atom. The predicted molar refractivity (Wildman–Crippen MR) is 300 cm³/mol. The average molecular weight is 1120 g/mol. The van der Waals surface area contributed by atoms with Crippen molar-refractivity contribution >= 4 is 58.1 Å². The summed E-state index contributed by atoms with van der Waals surface area (Å²) < 4.78 is 23.6. The molecular formula is C56H71Cl3N8O10. The molecule has 0 saturated carbocycles. The van der Waals surface area contributed by atoms with Crippen molar-refractivity contribution in [2.24, 2.45) is 19.8 Å². The van der Waals surface area contributed by atoms with Crippen LogP contribution in [0.1, 0.15) is 110 Å². The van der Waals surface area contributed by atoms with E-state index in [0.29, 0.717) is 64.2 Å². The van der Waals surface area contributed by atoms with Gasteiger partial charge in [-0.3, -0.25) is 9.59 Å². The minimum atomic E-state index is -0.773. The molecule has 416 valence electrons. The molecule has 2 unspecified atom stereocenters. The molecule has 0 radical (unpaired) electrons. The Balaban J connectivity index is 0.000000307. The van der Waals surface area contributed by atoms with Crippen LogP contribution >= 0.6 is 34.8 Å². The standard InChI is InChI=1S/C28H35ClN4O5.C26H33ClN4O3.C2H3ClO2/c1-17(2)38-25-11-10-21(15-23(25)29)27(35)31-22(12-13-34)14-19-6-8-20(9-7-19)24-16-33(4)26(32-24)18(3)30-28(36)37-5;1-16(2)34-24-10-9-20(14-22(24)27)26(33)29-21(11-12-32)13-18-5-7-19(8-6-18)23-15-31(4)25(30-23)17(3)28;1-5-2(3)4/h6-11,15-18,22,34H,12-14H2,1-5H3,(H,30,36)(H,31,35);5-10,14-17,21,32H,11-13,28H2,1-4H3,(H,29,33);1H3/t18?,22-;17?,21-;/m11./s1. The molecule has 77 heavy (non-hydrogen) atoms. The Bertz CT molecular complexity index is 2860. The third kappa shape index (κ3) is 20.0. The summed E-state index contributed by atoms with van der Waals surface area (Å²) >= 11 is 17.2. The first-order valence-corrected chi connectivity index (χ1v) is 26.0. The lowest BCUT2D eigenvalue weighted by Crippen LogP contribution is -2.37. The summed E-state index contributed by atoms with van der Waals surface area (Å²) in [6, 6.07) is 24.9.